The minimum absolute atomic E-state index is 0. The summed E-state index contributed by atoms with van der Waals surface area (Å²) in [6.07, 6.45) is 0.932. The fourth-order valence-corrected chi connectivity index (χ4v) is 3.61. The van der Waals surface area contributed by atoms with Crippen LogP contribution in [0.1, 0.15) is 19.8 Å². The van der Waals surface area contributed by atoms with Crippen LogP contribution in [0.2, 0.25) is 0 Å². The Labute approximate surface area is 219 Å². The van der Waals surface area contributed by atoms with Crippen molar-refractivity contribution in [2.75, 3.05) is 72.0 Å². The second-order valence-electron chi connectivity index (χ2n) is 7.60. The maximum absolute atomic E-state index is 11.7. The Morgan fingerprint density at radius 3 is 1.22 bits per heavy atom. The molecule has 0 bridgehead atoms. The molecule has 1 aliphatic rings. The van der Waals surface area contributed by atoms with E-state index in [0.29, 0.717) is 12.8 Å². The molecule has 1 atom stereocenters. The van der Waals surface area contributed by atoms with Gasteiger partial charge in [-0.1, -0.05) is 13.3 Å². The van der Waals surface area contributed by atoms with E-state index in [4.69, 9.17) is 0 Å². The van der Waals surface area contributed by atoms with E-state index < -0.39 is 29.9 Å². The second-order valence-corrected chi connectivity index (χ2v) is 7.60. The van der Waals surface area contributed by atoms with E-state index in [-0.39, 0.29) is 112 Å². The maximum Gasteiger partial charge on any atom is 0.0586 e. The summed E-state index contributed by atoms with van der Waals surface area (Å²) >= 11 is 0. The van der Waals surface area contributed by atoms with Crippen LogP contribution in [0.5, 0.6) is 0 Å². The number of carbonyl (C=O) groups is 4. The predicted octanol–water partition coefficient (Wildman–Crippen LogP) is -6.62. The van der Waals surface area contributed by atoms with Gasteiger partial charge in [0.25, 0.3) is 0 Å². The molecule has 0 saturated carbocycles. The smallest absolute Gasteiger partial charge is 0.0586 e. The molecule has 0 spiro atoms. The second kappa shape index (κ2) is 16.6. The van der Waals surface area contributed by atoms with Crippen LogP contribution >= 0.6 is 0 Å². The van der Waals surface area contributed by atoms with E-state index in [1.54, 1.807) is 19.6 Å². The number of nitrogens with zero attached hydrogens (tertiary/aromatic N) is 4. The first-order chi connectivity index (χ1) is 14.6. The predicted molar refractivity (Wildman–Crippen MR) is 99.6 cm³/mol. The maximum atomic E-state index is 11.7. The molecule has 0 radical (unpaired) electrons. The van der Waals surface area contributed by atoms with Crippen molar-refractivity contribution in [1.82, 2.24) is 19.6 Å². The average molecular weight is 600 g/mol. The van der Waals surface area contributed by atoms with Gasteiger partial charge in [-0.15, -0.1) is 0 Å². The summed E-state index contributed by atoms with van der Waals surface area (Å²) in [5.41, 5.74) is 0. The largest absolute Gasteiger partial charge is 0.549 e. The Morgan fingerprint density at radius 2 is 0.969 bits per heavy atom. The molecular formula is C19H30GdN4O8-4. The van der Waals surface area contributed by atoms with E-state index in [1.165, 1.54) is 0 Å². The zero-order valence-electron chi connectivity index (χ0n) is 18.2. The molecule has 12 nitrogen and oxygen atoms in total. The van der Waals surface area contributed by atoms with Crippen LogP contribution in [0.3, 0.4) is 0 Å². The summed E-state index contributed by atoms with van der Waals surface area (Å²) in [5.74, 6) is -5.13. The third kappa shape index (κ3) is 12.9. The van der Waals surface area contributed by atoms with Crippen LogP contribution in [0.4, 0.5) is 0 Å². The Bertz CT molecular complexity index is 592. The molecule has 186 valence electrons. The van der Waals surface area contributed by atoms with Gasteiger partial charge >= 0.3 is 0 Å². The third-order valence-electron chi connectivity index (χ3n) is 5.20. The molecule has 32 heavy (non-hydrogen) atoms. The van der Waals surface area contributed by atoms with Crippen molar-refractivity contribution in [3.05, 3.63) is 0 Å². The Hall–Kier alpha value is -0.955. The van der Waals surface area contributed by atoms with Gasteiger partial charge in [-0.05, 0) is 6.42 Å². The van der Waals surface area contributed by atoms with Crippen LogP contribution in [0.15, 0.2) is 0 Å². The molecule has 1 unspecified atom stereocenters. The first kappa shape index (κ1) is 31.0. The topological polar surface area (TPSA) is 173 Å². The van der Waals surface area contributed by atoms with E-state index in [2.05, 4.69) is 0 Å². The normalized spacial score (nSPS) is 19.2. The Morgan fingerprint density at radius 1 is 0.656 bits per heavy atom. The minimum atomic E-state index is -1.30. The number of hydrogen-bond acceptors (Lipinski definition) is 12. The van der Waals surface area contributed by atoms with E-state index in [1.807, 2.05) is 6.92 Å². The van der Waals surface area contributed by atoms with Crippen molar-refractivity contribution < 1.29 is 79.5 Å². The molecule has 1 saturated heterocycles. The standard InChI is InChI=1S/C19H34N4O8.Gd/c1-2-3-15(19(30)31)23-10-8-21(13-17(26)27)6-4-20(12-16(24)25)5-7-22(9-11-23)14-18(28)29;/h15H,2-14H2,1H3,(H,24,25)(H,26,27)(H,28,29)(H,30,31);/p-4. The molecule has 0 aromatic heterocycles. The summed E-state index contributed by atoms with van der Waals surface area (Å²) in [5, 5.41) is 45.0. The van der Waals surface area contributed by atoms with Gasteiger partial charge < -0.3 is 39.6 Å². The van der Waals surface area contributed by atoms with Gasteiger partial charge in [0.1, 0.15) is 0 Å². The molecule has 1 aliphatic heterocycles. The van der Waals surface area contributed by atoms with Gasteiger partial charge in [0.05, 0.1) is 23.9 Å². The number of hydrogen-bond donors (Lipinski definition) is 0. The fraction of sp³-hybridized carbons (Fsp3) is 0.789. The molecule has 1 rings (SSSR count). The Kier molecular flexibility index (Phi) is 16.1. The SMILES string of the molecule is CCCC(C(=O)[O-])N1CCN(CC(=O)[O-])CCN(CC(=O)[O-])CCN(CC(=O)[O-])CC1.[Gd]. The van der Waals surface area contributed by atoms with Crippen molar-refractivity contribution >= 4 is 23.9 Å². The van der Waals surface area contributed by atoms with Crippen molar-refractivity contribution in [2.45, 2.75) is 25.8 Å². The van der Waals surface area contributed by atoms with Crippen molar-refractivity contribution in [3.8, 4) is 0 Å². The van der Waals surface area contributed by atoms with Gasteiger partial charge in [-0.3, -0.25) is 19.6 Å². The zero-order valence-corrected chi connectivity index (χ0v) is 20.4. The average Bonchev–Trinajstić information content (AvgIpc) is 2.65. The minimum Gasteiger partial charge on any atom is -0.549 e. The molecular weight excluding hydrogens is 569 g/mol. The third-order valence-corrected chi connectivity index (χ3v) is 5.20. The van der Waals surface area contributed by atoms with Crippen LogP contribution in [-0.2, 0) is 19.2 Å². The van der Waals surface area contributed by atoms with E-state index in [0.717, 1.165) is 0 Å². The van der Waals surface area contributed by atoms with Crippen molar-refractivity contribution in [3.63, 3.8) is 0 Å². The molecule has 1 heterocycles. The summed E-state index contributed by atoms with van der Waals surface area (Å²) < 4.78 is 0. The van der Waals surface area contributed by atoms with Crippen LogP contribution in [0.25, 0.3) is 0 Å². The van der Waals surface area contributed by atoms with Gasteiger partial charge in [0.2, 0.25) is 0 Å². The van der Waals surface area contributed by atoms with Gasteiger partial charge in [0.15, 0.2) is 0 Å². The van der Waals surface area contributed by atoms with Gasteiger partial charge in [-0.25, -0.2) is 0 Å². The van der Waals surface area contributed by atoms with Crippen LogP contribution < -0.4 is 20.4 Å². The number of aliphatic carboxylic acids is 4. The molecule has 0 N–H and O–H groups in total. The molecule has 0 aliphatic carbocycles. The number of rotatable bonds is 10. The molecule has 0 amide bonds. The number of carbonyl (C=O) groups excluding carboxylic acids is 4. The Balaban J connectivity index is 0.00000961. The van der Waals surface area contributed by atoms with Crippen LogP contribution in [0, 0.1) is 39.9 Å². The fourth-order valence-electron chi connectivity index (χ4n) is 3.61. The van der Waals surface area contributed by atoms with E-state index >= 15 is 0 Å². The van der Waals surface area contributed by atoms with Gasteiger partial charge in [-0.2, -0.15) is 0 Å². The van der Waals surface area contributed by atoms with Crippen molar-refractivity contribution in [1.29, 1.82) is 0 Å². The first-order valence-electron chi connectivity index (χ1n) is 10.3. The van der Waals surface area contributed by atoms with Crippen LogP contribution in [-0.4, -0.2) is 122 Å². The van der Waals surface area contributed by atoms with Crippen molar-refractivity contribution in [2.24, 2.45) is 0 Å². The number of carboxylic acids is 4. The summed E-state index contributed by atoms with van der Waals surface area (Å²) in [6.45, 7) is 2.37. The quantitative estimate of drug-likeness (QED) is 0.233. The zero-order chi connectivity index (χ0) is 23.4. The summed E-state index contributed by atoms with van der Waals surface area (Å²) in [4.78, 5) is 51.3. The van der Waals surface area contributed by atoms with Gasteiger partial charge in [0, 0.05) is 118 Å². The first-order valence-corrected chi connectivity index (χ1v) is 10.3. The van der Waals surface area contributed by atoms with E-state index in [9.17, 15) is 39.6 Å². The molecule has 1 fully saturated rings. The molecule has 0 aromatic carbocycles. The monoisotopic (exact) mass is 600 g/mol. The molecule has 0 aromatic rings. The summed E-state index contributed by atoms with van der Waals surface area (Å²) in [6, 6.07) is -0.892. The number of carboxylic acid groups (broad SMARTS) is 4. The molecule has 13 heteroatoms. The summed E-state index contributed by atoms with van der Waals surface area (Å²) in [7, 11) is 0.